The SMILES string of the molecule is CS(S)(S)c1ccc(C(F)(F)F)cc1F. The van der Waals surface area contributed by atoms with Gasteiger partial charge in [0.15, 0.2) is 0 Å². The van der Waals surface area contributed by atoms with Crippen LogP contribution in [0.1, 0.15) is 5.56 Å². The number of benzene rings is 1. The van der Waals surface area contributed by atoms with Gasteiger partial charge in [0.05, 0.1) is 5.56 Å². The summed E-state index contributed by atoms with van der Waals surface area (Å²) in [6.07, 6.45) is -2.97. The molecule has 0 radical (unpaired) electrons. The molecule has 15 heavy (non-hydrogen) atoms. The average molecular weight is 276 g/mol. The van der Waals surface area contributed by atoms with E-state index in [-0.39, 0.29) is 4.90 Å². The van der Waals surface area contributed by atoms with Gasteiger partial charge in [0, 0.05) is 4.90 Å². The van der Waals surface area contributed by atoms with E-state index in [9.17, 15) is 17.6 Å². The molecule has 0 atom stereocenters. The average Bonchev–Trinajstić information content (AvgIpc) is 1.99. The summed E-state index contributed by atoms with van der Waals surface area (Å²) >= 11 is 8.09. The van der Waals surface area contributed by atoms with Gasteiger partial charge in [0.25, 0.3) is 0 Å². The largest absolute Gasteiger partial charge is 0.416 e. The minimum absolute atomic E-state index is 0.0992. The monoisotopic (exact) mass is 276 g/mol. The molecule has 0 aliphatic carbocycles. The van der Waals surface area contributed by atoms with Crippen LogP contribution in [0.4, 0.5) is 17.6 Å². The minimum atomic E-state index is -4.53. The van der Waals surface area contributed by atoms with Crippen molar-refractivity contribution >= 4 is 31.4 Å². The molecule has 0 amide bonds. The summed E-state index contributed by atoms with van der Waals surface area (Å²) in [6.45, 7) is 0. The van der Waals surface area contributed by atoms with Crippen molar-refractivity contribution in [2.45, 2.75) is 11.1 Å². The molecule has 0 saturated carbocycles. The predicted octanol–water partition coefficient (Wildman–Crippen LogP) is 4.33. The normalized spacial score (nSPS) is 14.1. The van der Waals surface area contributed by atoms with E-state index in [1.165, 1.54) is 0 Å². The maximum absolute atomic E-state index is 13.3. The zero-order valence-corrected chi connectivity index (χ0v) is 10.2. The van der Waals surface area contributed by atoms with Gasteiger partial charge in [-0.1, -0.05) is 0 Å². The van der Waals surface area contributed by atoms with E-state index >= 15 is 0 Å². The Bertz CT molecular complexity index is 367. The summed E-state index contributed by atoms with van der Waals surface area (Å²) in [4.78, 5) is 0.0992. The first-order chi connectivity index (χ1) is 6.62. The Morgan fingerprint density at radius 2 is 1.73 bits per heavy atom. The van der Waals surface area contributed by atoms with Crippen LogP contribution in [0, 0.1) is 5.82 Å². The maximum atomic E-state index is 13.3. The van der Waals surface area contributed by atoms with E-state index in [2.05, 4.69) is 23.3 Å². The molecule has 0 bridgehead atoms. The summed E-state index contributed by atoms with van der Waals surface area (Å²) in [5.74, 6) is -0.924. The Kier molecular flexibility index (Phi) is 3.57. The van der Waals surface area contributed by atoms with Crippen molar-refractivity contribution in [3.63, 3.8) is 0 Å². The van der Waals surface area contributed by atoms with Crippen LogP contribution in [0.25, 0.3) is 0 Å². The maximum Gasteiger partial charge on any atom is 0.416 e. The molecule has 0 spiro atoms. The molecule has 0 aliphatic heterocycles. The molecule has 1 aromatic rings. The lowest BCUT2D eigenvalue weighted by molar-refractivity contribution is -0.137. The third-order valence-corrected chi connectivity index (χ3v) is 4.02. The van der Waals surface area contributed by atoms with Crippen molar-refractivity contribution in [3.05, 3.63) is 29.6 Å². The van der Waals surface area contributed by atoms with E-state index in [0.717, 1.165) is 12.1 Å². The number of thiol groups is 2. The second kappa shape index (κ2) is 4.10. The lowest BCUT2D eigenvalue weighted by atomic mass is 10.2. The third-order valence-electron chi connectivity index (χ3n) is 1.68. The first-order valence-corrected chi connectivity index (χ1v) is 7.87. The summed E-state index contributed by atoms with van der Waals surface area (Å²) in [7, 11) is -1.95. The number of halogens is 4. The van der Waals surface area contributed by atoms with Gasteiger partial charge in [-0.3, -0.25) is 0 Å². The van der Waals surface area contributed by atoms with Gasteiger partial charge in [-0.15, -0.1) is 31.4 Å². The first kappa shape index (κ1) is 13.1. The highest BCUT2D eigenvalue weighted by Crippen LogP contribution is 2.61. The number of alkyl halides is 3. The van der Waals surface area contributed by atoms with Crippen LogP contribution in [-0.2, 0) is 6.18 Å². The number of hydrogen-bond donors (Lipinski definition) is 2. The molecule has 0 fully saturated rings. The first-order valence-electron chi connectivity index (χ1n) is 3.72. The summed E-state index contributed by atoms with van der Waals surface area (Å²) in [5.41, 5.74) is -1.01. The van der Waals surface area contributed by atoms with E-state index in [1.807, 2.05) is 0 Å². The van der Waals surface area contributed by atoms with Crippen LogP contribution in [-0.4, -0.2) is 6.26 Å². The number of hydrogen-bond acceptors (Lipinski definition) is 2. The predicted molar refractivity (Wildman–Crippen MR) is 61.2 cm³/mol. The molecular formula is C8H8F4S3. The highest BCUT2D eigenvalue weighted by molar-refractivity contribution is 9.17. The van der Waals surface area contributed by atoms with Gasteiger partial charge in [0.2, 0.25) is 0 Å². The third kappa shape index (κ3) is 3.22. The zero-order chi connectivity index (χ0) is 11.9. The summed E-state index contributed by atoms with van der Waals surface area (Å²) < 4.78 is 49.9. The lowest BCUT2D eigenvalue weighted by Gasteiger charge is -2.23. The molecule has 0 unspecified atom stereocenters. The molecule has 0 aliphatic rings. The summed E-state index contributed by atoms with van der Waals surface area (Å²) in [6, 6.07) is 2.37. The highest BCUT2D eigenvalue weighted by Gasteiger charge is 2.31. The number of rotatable bonds is 1. The van der Waals surface area contributed by atoms with E-state index in [1.54, 1.807) is 6.26 Å². The Hall–Kier alpha value is -0.0100. The second-order valence-corrected chi connectivity index (χ2v) is 10.3. The van der Waals surface area contributed by atoms with Crippen LogP contribution in [0.5, 0.6) is 0 Å². The molecule has 0 saturated heterocycles. The van der Waals surface area contributed by atoms with Crippen LogP contribution < -0.4 is 0 Å². The van der Waals surface area contributed by atoms with Crippen molar-refractivity contribution in [2.75, 3.05) is 6.26 Å². The second-order valence-electron chi connectivity index (χ2n) is 2.98. The van der Waals surface area contributed by atoms with Crippen LogP contribution in [0.3, 0.4) is 0 Å². The fraction of sp³-hybridized carbons (Fsp3) is 0.250. The molecule has 7 heteroatoms. The Morgan fingerprint density at radius 3 is 2.07 bits per heavy atom. The Balaban J connectivity index is 3.21. The van der Waals surface area contributed by atoms with E-state index in [0.29, 0.717) is 6.07 Å². The van der Waals surface area contributed by atoms with Crippen molar-refractivity contribution in [3.8, 4) is 0 Å². The Morgan fingerprint density at radius 1 is 1.20 bits per heavy atom. The molecule has 0 nitrogen and oxygen atoms in total. The zero-order valence-electron chi connectivity index (χ0n) is 7.55. The van der Waals surface area contributed by atoms with Crippen molar-refractivity contribution in [1.29, 1.82) is 0 Å². The molecule has 0 heterocycles. The van der Waals surface area contributed by atoms with Crippen molar-refractivity contribution in [1.82, 2.24) is 0 Å². The molecule has 0 N–H and O–H groups in total. The van der Waals surface area contributed by atoms with Crippen LogP contribution >= 0.6 is 31.4 Å². The topological polar surface area (TPSA) is 0 Å². The molecule has 1 rings (SSSR count). The minimum Gasteiger partial charge on any atom is -0.206 e. The van der Waals surface area contributed by atoms with Crippen LogP contribution in [0.15, 0.2) is 23.1 Å². The quantitative estimate of drug-likeness (QED) is 0.426. The van der Waals surface area contributed by atoms with Gasteiger partial charge in [-0.25, -0.2) is 4.39 Å². The smallest absolute Gasteiger partial charge is 0.206 e. The molecular weight excluding hydrogens is 268 g/mol. The Labute approximate surface area is 96.0 Å². The standard InChI is InChI=1S/C8H8F4S3/c1-15(13,14)7-3-2-5(4-6(7)9)8(10,11)12/h2-4,13-14H,1H3. The molecule has 1 aromatic carbocycles. The molecule has 0 aromatic heterocycles. The highest BCUT2D eigenvalue weighted by atomic mass is 33.5. The fourth-order valence-electron chi connectivity index (χ4n) is 0.991. The van der Waals surface area contributed by atoms with Crippen molar-refractivity contribution < 1.29 is 17.6 Å². The lowest BCUT2D eigenvalue weighted by Crippen LogP contribution is -2.05. The fourth-order valence-corrected chi connectivity index (χ4v) is 2.63. The van der Waals surface area contributed by atoms with Gasteiger partial charge in [-0.2, -0.15) is 13.2 Å². The van der Waals surface area contributed by atoms with Crippen LogP contribution in [0.2, 0.25) is 0 Å². The summed E-state index contributed by atoms with van der Waals surface area (Å²) in [5, 5.41) is 0. The van der Waals surface area contributed by atoms with Gasteiger partial charge in [0.1, 0.15) is 5.82 Å². The van der Waals surface area contributed by atoms with Gasteiger partial charge < -0.3 is 0 Å². The van der Waals surface area contributed by atoms with E-state index < -0.39 is 25.6 Å². The van der Waals surface area contributed by atoms with E-state index in [4.69, 9.17) is 0 Å². The molecule has 86 valence electrons. The van der Waals surface area contributed by atoms with Gasteiger partial charge in [-0.05, 0) is 24.5 Å². The van der Waals surface area contributed by atoms with Gasteiger partial charge >= 0.3 is 6.18 Å². The van der Waals surface area contributed by atoms with Crippen molar-refractivity contribution in [2.24, 2.45) is 0 Å².